The maximum atomic E-state index is 12.6. The molecule has 1 N–H and O–H groups in total. The van der Waals surface area contributed by atoms with E-state index in [0.29, 0.717) is 25.5 Å². The summed E-state index contributed by atoms with van der Waals surface area (Å²) >= 11 is 0. The van der Waals surface area contributed by atoms with Gasteiger partial charge in [0.05, 0.1) is 26.4 Å². The Labute approximate surface area is 166 Å². The predicted molar refractivity (Wildman–Crippen MR) is 108 cm³/mol. The zero-order valence-electron chi connectivity index (χ0n) is 16.5. The van der Waals surface area contributed by atoms with Crippen LogP contribution in [0.15, 0.2) is 54.6 Å². The van der Waals surface area contributed by atoms with Gasteiger partial charge in [0, 0.05) is 19.6 Å². The van der Waals surface area contributed by atoms with Crippen LogP contribution in [-0.2, 0) is 9.53 Å². The number of nitrogens with one attached hydrogen (secondary N) is 1. The number of morpholine rings is 1. The Kier molecular flexibility index (Phi) is 7.28. The Hall–Kier alpha value is -2.57. The third-order valence-electron chi connectivity index (χ3n) is 4.88. The van der Waals surface area contributed by atoms with Crippen molar-refractivity contribution in [3.8, 4) is 11.5 Å². The molecule has 0 aliphatic carbocycles. The lowest BCUT2D eigenvalue weighted by Crippen LogP contribution is -2.45. The first-order valence-corrected chi connectivity index (χ1v) is 9.62. The molecule has 28 heavy (non-hydrogen) atoms. The maximum Gasteiger partial charge on any atom is 0.260 e. The molecule has 6 nitrogen and oxygen atoms in total. The van der Waals surface area contributed by atoms with Crippen LogP contribution in [0.2, 0.25) is 0 Å². The number of hydrogen-bond acceptors (Lipinski definition) is 5. The summed E-state index contributed by atoms with van der Waals surface area (Å²) in [6, 6.07) is 17.5. The smallest absolute Gasteiger partial charge is 0.260 e. The van der Waals surface area contributed by atoms with Crippen molar-refractivity contribution in [2.24, 2.45) is 0 Å². The van der Waals surface area contributed by atoms with Crippen LogP contribution in [0.4, 0.5) is 0 Å². The van der Waals surface area contributed by atoms with Crippen molar-refractivity contribution in [3.05, 3.63) is 60.2 Å². The van der Waals surface area contributed by atoms with Crippen LogP contribution in [-0.4, -0.2) is 56.9 Å². The van der Waals surface area contributed by atoms with Gasteiger partial charge in [0.2, 0.25) is 0 Å². The lowest BCUT2D eigenvalue weighted by molar-refractivity contribution is -0.127. The van der Waals surface area contributed by atoms with E-state index in [1.807, 2.05) is 42.5 Å². The van der Waals surface area contributed by atoms with Gasteiger partial charge in [-0.2, -0.15) is 0 Å². The summed E-state index contributed by atoms with van der Waals surface area (Å²) < 4.78 is 16.5. The topological polar surface area (TPSA) is 60.0 Å². The van der Waals surface area contributed by atoms with Gasteiger partial charge in [0.25, 0.3) is 5.91 Å². The van der Waals surface area contributed by atoms with Gasteiger partial charge in [-0.1, -0.05) is 30.3 Å². The molecular weight excluding hydrogens is 356 g/mol. The first-order chi connectivity index (χ1) is 13.7. The van der Waals surface area contributed by atoms with Crippen LogP contribution < -0.4 is 14.8 Å². The number of carbonyl (C=O) groups excluding carboxylic acids is 1. The lowest BCUT2D eigenvalue weighted by atomic mass is 10.0. The summed E-state index contributed by atoms with van der Waals surface area (Å²) in [5.74, 6) is 1.37. The average Bonchev–Trinajstić information content (AvgIpc) is 2.75. The molecule has 1 aliphatic heterocycles. The minimum absolute atomic E-state index is 0.0719. The molecule has 150 valence electrons. The van der Waals surface area contributed by atoms with E-state index >= 15 is 0 Å². The van der Waals surface area contributed by atoms with E-state index in [-0.39, 0.29) is 11.9 Å². The number of benzene rings is 2. The Bertz CT molecular complexity index is 730. The highest BCUT2D eigenvalue weighted by atomic mass is 16.5. The molecule has 2 atom stereocenters. The third-order valence-corrected chi connectivity index (χ3v) is 4.88. The summed E-state index contributed by atoms with van der Waals surface area (Å²) in [5.41, 5.74) is 1.14. The number of hydrogen-bond donors (Lipinski definition) is 1. The number of amides is 1. The van der Waals surface area contributed by atoms with Gasteiger partial charge in [0.15, 0.2) is 6.10 Å². The molecule has 1 fully saturated rings. The predicted octanol–water partition coefficient (Wildman–Crippen LogP) is 2.65. The minimum atomic E-state index is -0.566. The zero-order chi connectivity index (χ0) is 19.8. The van der Waals surface area contributed by atoms with E-state index in [0.717, 1.165) is 24.4 Å². The summed E-state index contributed by atoms with van der Waals surface area (Å²) in [6.45, 7) is 5.35. The second kappa shape index (κ2) is 10.1. The van der Waals surface area contributed by atoms with Crippen LogP contribution in [0.25, 0.3) is 0 Å². The Morgan fingerprint density at radius 2 is 1.75 bits per heavy atom. The van der Waals surface area contributed by atoms with Crippen LogP contribution in [0.3, 0.4) is 0 Å². The fourth-order valence-electron chi connectivity index (χ4n) is 3.27. The maximum absolute atomic E-state index is 12.6. The Morgan fingerprint density at radius 3 is 2.39 bits per heavy atom. The largest absolute Gasteiger partial charge is 0.497 e. The molecule has 2 unspecified atom stereocenters. The van der Waals surface area contributed by atoms with Gasteiger partial charge < -0.3 is 19.5 Å². The van der Waals surface area contributed by atoms with Gasteiger partial charge >= 0.3 is 0 Å². The normalized spacial score (nSPS) is 16.8. The molecule has 1 saturated heterocycles. The van der Waals surface area contributed by atoms with E-state index in [4.69, 9.17) is 14.2 Å². The molecule has 0 bridgehead atoms. The summed E-state index contributed by atoms with van der Waals surface area (Å²) in [4.78, 5) is 14.9. The molecule has 0 saturated carbocycles. The Morgan fingerprint density at radius 1 is 1.07 bits per heavy atom. The van der Waals surface area contributed by atoms with Gasteiger partial charge in [-0.15, -0.1) is 0 Å². The van der Waals surface area contributed by atoms with E-state index in [1.54, 1.807) is 14.0 Å². The first-order valence-electron chi connectivity index (χ1n) is 9.62. The molecule has 2 aromatic carbocycles. The standard InChI is InChI=1S/C22H28N2O4/c1-17(28-20-6-4-3-5-7-20)22(25)23-16-21(24-12-14-27-15-13-24)18-8-10-19(26-2)11-9-18/h3-11,17,21H,12-16H2,1-2H3,(H,23,25). The number of nitrogens with zero attached hydrogens (tertiary/aromatic N) is 1. The number of methoxy groups -OCH3 is 1. The van der Waals surface area contributed by atoms with Gasteiger partial charge in [-0.3, -0.25) is 9.69 Å². The van der Waals surface area contributed by atoms with Crippen molar-refractivity contribution in [3.63, 3.8) is 0 Å². The summed E-state index contributed by atoms with van der Waals surface area (Å²) in [5, 5.41) is 3.05. The molecule has 1 amide bonds. The molecule has 0 spiro atoms. The average molecular weight is 384 g/mol. The minimum Gasteiger partial charge on any atom is -0.497 e. The van der Waals surface area contributed by atoms with Crippen molar-refractivity contribution in [2.45, 2.75) is 19.1 Å². The highest BCUT2D eigenvalue weighted by Crippen LogP contribution is 2.23. The third kappa shape index (κ3) is 5.47. The van der Waals surface area contributed by atoms with E-state index in [1.165, 1.54) is 0 Å². The number of carbonyl (C=O) groups is 1. The van der Waals surface area contributed by atoms with Crippen molar-refractivity contribution >= 4 is 5.91 Å². The molecule has 6 heteroatoms. The molecule has 1 aliphatic rings. The van der Waals surface area contributed by atoms with Crippen LogP contribution in [0.1, 0.15) is 18.5 Å². The van der Waals surface area contributed by atoms with Crippen molar-refractivity contribution < 1.29 is 19.0 Å². The zero-order valence-corrected chi connectivity index (χ0v) is 16.5. The van der Waals surface area contributed by atoms with E-state index in [9.17, 15) is 4.79 Å². The number of para-hydroxylation sites is 1. The number of rotatable bonds is 8. The second-order valence-electron chi connectivity index (χ2n) is 6.76. The molecule has 1 heterocycles. The van der Waals surface area contributed by atoms with Crippen LogP contribution >= 0.6 is 0 Å². The quantitative estimate of drug-likeness (QED) is 0.758. The molecule has 3 rings (SSSR count). The van der Waals surface area contributed by atoms with Crippen molar-refractivity contribution in [2.75, 3.05) is 40.0 Å². The van der Waals surface area contributed by atoms with Crippen LogP contribution in [0.5, 0.6) is 11.5 Å². The van der Waals surface area contributed by atoms with Crippen molar-refractivity contribution in [1.29, 1.82) is 0 Å². The Balaban J connectivity index is 1.63. The van der Waals surface area contributed by atoms with Crippen molar-refractivity contribution in [1.82, 2.24) is 10.2 Å². The first kappa shape index (κ1) is 20.2. The van der Waals surface area contributed by atoms with Gasteiger partial charge in [-0.25, -0.2) is 0 Å². The van der Waals surface area contributed by atoms with Crippen LogP contribution in [0, 0.1) is 0 Å². The summed E-state index contributed by atoms with van der Waals surface area (Å²) in [6.07, 6.45) is -0.566. The fraction of sp³-hybridized carbons (Fsp3) is 0.409. The molecule has 2 aromatic rings. The van der Waals surface area contributed by atoms with E-state index in [2.05, 4.69) is 22.3 Å². The highest BCUT2D eigenvalue weighted by Gasteiger charge is 2.24. The summed E-state index contributed by atoms with van der Waals surface area (Å²) in [7, 11) is 1.66. The molecule has 0 aromatic heterocycles. The molecular formula is C22H28N2O4. The second-order valence-corrected chi connectivity index (χ2v) is 6.76. The molecule has 0 radical (unpaired) electrons. The number of ether oxygens (including phenoxy) is 3. The lowest BCUT2D eigenvalue weighted by Gasteiger charge is -2.35. The van der Waals surface area contributed by atoms with Gasteiger partial charge in [-0.05, 0) is 36.8 Å². The van der Waals surface area contributed by atoms with Gasteiger partial charge in [0.1, 0.15) is 11.5 Å². The highest BCUT2D eigenvalue weighted by molar-refractivity contribution is 5.80. The SMILES string of the molecule is COc1ccc(C(CNC(=O)C(C)Oc2ccccc2)N2CCOCC2)cc1. The fourth-order valence-corrected chi connectivity index (χ4v) is 3.27. The van der Waals surface area contributed by atoms with E-state index < -0.39 is 6.10 Å². The monoisotopic (exact) mass is 384 g/mol.